The lowest BCUT2D eigenvalue weighted by molar-refractivity contribution is -0.154. The van der Waals surface area contributed by atoms with E-state index in [0.29, 0.717) is 0 Å². The van der Waals surface area contributed by atoms with Crippen LogP contribution in [0.25, 0.3) is 0 Å². The molecule has 8 nitrogen and oxygen atoms in total. The normalized spacial score (nSPS) is 15.3. The van der Waals surface area contributed by atoms with E-state index in [-0.39, 0.29) is 45.9 Å². The largest absolute Gasteiger partial charge is 0.465 e. The molecule has 0 radical (unpaired) electrons. The first-order valence-corrected chi connectivity index (χ1v) is 9.90. The Morgan fingerprint density at radius 3 is 2.11 bits per heavy atom. The van der Waals surface area contributed by atoms with Crippen LogP contribution in [-0.2, 0) is 28.6 Å². The van der Waals surface area contributed by atoms with Gasteiger partial charge in [0.25, 0.3) is 0 Å². The predicted molar refractivity (Wildman–Crippen MR) is 101 cm³/mol. The molecule has 0 aliphatic rings. The molecule has 3 unspecified atom stereocenters. The van der Waals surface area contributed by atoms with Crippen LogP contribution in [0.15, 0.2) is 0 Å². The molecular weight excluding hydrogens is 424 g/mol. The number of esters is 3. The number of ether oxygens (including phenoxy) is 3. The van der Waals surface area contributed by atoms with Crippen LogP contribution in [0.2, 0.25) is 0 Å². The van der Waals surface area contributed by atoms with Crippen molar-refractivity contribution in [1.82, 2.24) is 0 Å². The van der Waals surface area contributed by atoms with Crippen LogP contribution in [0.4, 0.5) is 0 Å². The summed E-state index contributed by atoms with van der Waals surface area (Å²) in [6.07, 6.45) is 1.77. The van der Waals surface area contributed by atoms with Crippen molar-refractivity contribution >= 4 is 33.8 Å². The maximum absolute atomic E-state index is 12.5. The van der Waals surface area contributed by atoms with Crippen LogP contribution in [0.3, 0.4) is 0 Å². The van der Waals surface area contributed by atoms with Gasteiger partial charge >= 0.3 is 17.9 Å². The molecule has 2 N–H and O–H groups in total. The third-order valence-electron chi connectivity index (χ3n) is 3.83. The van der Waals surface area contributed by atoms with Gasteiger partial charge in [-0.25, -0.2) is 0 Å². The zero-order chi connectivity index (χ0) is 20.9. The molecule has 0 saturated carbocycles. The zero-order valence-electron chi connectivity index (χ0n) is 16.2. The number of carbonyl (C=O) groups excluding carboxylic acids is 3. The molecule has 0 aliphatic heterocycles. The highest BCUT2D eigenvalue weighted by molar-refractivity contribution is 9.10. The molecule has 9 heteroatoms. The molecular formula is C18H31BrO8. The van der Waals surface area contributed by atoms with E-state index in [1.165, 1.54) is 0 Å². The minimum atomic E-state index is -1.18. The van der Waals surface area contributed by atoms with Crippen molar-refractivity contribution in [3.8, 4) is 0 Å². The zero-order valence-corrected chi connectivity index (χ0v) is 17.8. The van der Waals surface area contributed by atoms with E-state index in [9.17, 15) is 14.4 Å². The van der Waals surface area contributed by atoms with Gasteiger partial charge in [0.2, 0.25) is 0 Å². The number of aliphatic hydroxyl groups is 2. The number of rotatable bonds is 14. The van der Waals surface area contributed by atoms with E-state index in [4.69, 9.17) is 24.4 Å². The predicted octanol–water partition coefficient (Wildman–Crippen LogP) is 1.59. The quantitative estimate of drug-likeness (QED) is 0.175. The lowest BCUT2D eigenvalue weighted by Crippen LogP contribution is -2.37. The van der Waals surface area contributed by atoms with Crippen LogP contribution < -0.4 is 0 Å². The monoisotopic (exact) mass is 454 g/mol. The van der Waals surface area contributed by atoms with Crippen LogP contribution in [-0.4, -0.2) is 65.5 Å². The van der Waals surface area contributed by atoms with E-state index in [0.717, 1.165) is 12.8 Å². The second-order valence-corrected chi connectivity index (χ2v) is 8.26. The summed E-state index contributed by atoms with van der Waals surface area (Å²) in [5, 5.41) is 17.5. The number of halogens is 1. The van der Waals surface area contributed by atoms with Gasteiger partial charge in [-0.05, 0) is 26.2 Å². The number of aliphatic hydroxyl groups excluding tert-OH is 2. The first kappa shape index (κ1) is 25.8. The van der Waals surface area contributed by atoms with Crippen LogP contribution >= 0.6 is 15.9 Å². The van der Waals surface area contributed by atoms with Crippen LogP contribution in [0.1, 0.15) is 46.5 Å². The van der Waals surface area contributed by atoms with E-state index in [1.807, 2.05) is 6.92 Å². The standard InChI is InChI=1S/C18H31BrO8/c1-4-5-8-25-16(23)14(11-13(2)15(22)26-9-6-20)12-18(3,19)17(24)27-10-7-21/h13-14,20-21H,4-12H2,1-3H3. The smallest absolute Gasteiger partial charge is 0.322 e. The maximum Gasteiger partial charge on any atom is 0.322 e. The van der Waals surface area contributed by atoms with Crippen molar-refractivity contribution in [2.24, 2.45) is 11.8 Å². The van der Waals surface area contributed by atoms with Gasteiger partial charge in [-0.3, -0.25) is 14.4 Å². The molecule has 0 aromatic heterocycles. The molecule has 0 aliphatic carbocycles. The summed E-state index contributed by atoms with van der Waals surface area (Å²) in [6.45, 7) is 4.58. The minimum absolute atomic E-state index is 0.0554. The molecule has 0 spiro atoms. The average Bonchev–Trinajstić information content (AvgIpc) is 2.63. The highest BCUT2D eigenvalue weighted by Crippen LogP contribution is 2.32. The Bertz CT molecular complexity index is 466. The Kier molecular flexibility index (Phi) is 13.3. The molecule has 158 valence electrons. The van der Waals surface area contributed by atoms with Gasteiger partial charge in [0.15, 0.2) is 0 Å². The summed E-state index contributed by atoms with van der Waals surface area (Å²) < 4.78 is 13.9. The van der Waals surface area contributed by atoms with E-state index in [2.05, 4.69) is 15.9 Å². The lowest BCUT2D eigenvalue weighted by Gasteiger charge is -2.26. The van der Waals surface area contributed by atoms with Crippen molar-refractivity contribution in [3.63, 3.8) is 0 Å². The third-order valence-corrected chi connectivity index (χ3v) is 4.48. The number of carbonyl (C=O) groups is 3. The van der Waals surface area contributed by atoms with Gasteiger partial charge in [-0.2, -0.15) is 0 Å². The van der Waals surface area contributed by atoms with Crippen molar-refractivity contribution in [1.29, 1.82) is 0 Å². The second kappa shape index (κ2) is 13.9. The Labute approximate surface area is 168 Å². The fourth-order valence-electron chi connectivity index (χ4n) is 2.34. The fourth-order valence-corrected chi connectivity index (χ4v) is 2.85. The van der Waals surface area contributed by atoms with Gasteiger partial charge in [-0.1, -0.05) is 36.2 Å². The minimum Gasteiger partial charge on any atom is -0.465 e. The number of hydrogen-bond acceptors (Lipinski definition) is 8. The van der Waals surface area contributed by atoms with Gasteiger partial charge in [0, 0.05) is 0 Å². The average molecular weight is 455 g/mol. The summed E-state index contributed by atoms with van der Waals surface area (Å²) in [7, 11) is 0. The molecule has 3 atom stereocenters. The lowest BCUT2D eigenvalue weighted by atomic mass is 9.88. The summed E-state index contributed by atoms with van der Waals surface area (Å²) >= 11 is 3.28. The molecule has 0 aromatic rings. The fraction of sp³-hybridized carbons (Fsp3) is 0.833. The van der Waals surface area contributed by atoms with Crippen molar-refractivity contribution < 1.29 is 38.8 Å². The highest BCUT2D eigenvalue weighted by atomic mass is 79.9. The number of unbranched alkanes of at least 4 members (excludes halogenated alkanes) is 1. The second-order valence-electron chi connectivity index (χ2n) is 6.51. The summed E-state index contributed by atoms with van der Waals surface area (Å²) in [5.74, 6) is -2.99. The molecule has 0 heterocycles. The molecule has 0 bridgehead atoms. The molecule has 0 fully saturated rings. The maximum atomic E-state index is 12.5. The third kappa shape index (κ3) is 10.7. The van der Waals surface area contributed by atoms with Crippen molar-refractivity contribution in [2.45, 2.75) is 50.8 Å². The van der Waals surface area contributed by atoms with Gasteiger partial charge in [-0.15, -0.1) is 0 Å². The molecule has 0 amide bonds. The Hall–Kier alpha value is -1.19. The SMILES string of the molecule is CCCCOC(=O)C(CC(C)C(=O)OCCO)CC(C)(Br)C(=O)OCCO. The van der Waals surface area contributed by atoms with Crippen molar-refractivity contribution in [3.05, 3.63) is 0 Å². The summed E-state index contributed by atoms with van der Waals surface area (Å²) in [5.41, 5.74) is 0. The van der Waals surface area contributed by atoms with Gasteiger partial charge in [0.05, 0.1) is 31.7 Å². The number of alkyl halides is 1. The number of hydrogen-bond donors (Lipinski definition) is 2. The van der Waals surface area contributed by atoms with Crippen molar-refractivity contribution in [2.75, 3.05) is 33.0 Å². The van der Waals surface area contributed by atoms with Gasteiger partial charge in [0.1, 0.15) is 17.5 Å². The first-order chi connectivity index (χ1) is 12.7. The van der Waals surface area contributed by atoms with Crippen LogP contribution in [0, 0.1) is 11.8 Å². The first-order valence-electron chi connectivity index (χ1n) is 9.10. The van der Waals surface area contributed by atoms with E-state index >= 15 is 0 Å². The van der Waals surface area contributed by atoms with E-state index in [1.54, 1.807) is 13.8 Å². The van der Waals surface area contributed by atoms with Gasteiger partial charge < -0.3 is 24.4 Å². The molecule has 27 heavy (non-hydrogen) atoms. The molecule has 0 rings (SSSR count). The van der Waals surface area contributed by atoms with Crippen LogP contribution in [0.5, 0.6) is 0 Å². The summed E-state index contributed by atoms with van der Waals surface area (Å²) in [4.78, 5) is 36.6. The Balaban J connectivity index is 5.08. The summed E-state index contributed by atoms with van der Waals surface area (Å²) in [6, 6.07) is 0. The molecule has 0 aromatic carbocycles. The van der Waals surface area contributed by atoms with E-state index < -0.39 is 34.1 Å². The topological polar surface area (TPSA) is 119 Å². The molecule has 0 saturated heterocycles. The Morgan fingerprint density at radius 1 is 1.00 bits per heavy atom. The Morgan fingerprint density at radius 2 is 1.56 bits per heavy atom. The highest BCUT2D eigenvalue weighted by Gasteiger charge is 2.39.